The number of nitrogens with one attached hydrogen (secondary N) is 1. The largest absolute Gasteiger partial charge is 0.469 e. The summed E-state index contributed by atoms with van der Waals surface area (Å²) in [5, 5.41) is 4.26. The molecule has 0 aliphatic rings. The standard InChI is InChI=1S/C15H18ClNO/c1-3-17-15(13-7-11(2)18-10-13)9-12-5-4-6-14(16)8-12/h4-8,10,15,17H,3,9H2,1-2H3. The molecule has 1 unspecified atom stereocenters. The Morgan fingerprint density at radius 1 is 1.33 bits per heavy atom. The SMILES string of the molecule is CCNC(Cc1cccc(Cl)c1)c1coc(C)c1. The van der Waals surface area contributed by atoms with Crippen LogP contribution in [-0.4, -0.2) is 6.54 Å². The predicted molar refractivity (Wildman–Crippen MR) is 75.0 cm³/mol. The molecule has 0 fully saturated rings. The Bertz CT molecular complexity index is 507. The maximum atomic E-state index is 6.02. The van der Waals surface area contributed by atoms with E-state index in [9.17, 15) is 0 Å². The summed E-state index contributed by atoms with van der Waals surface area (Å²) in [6, 6.07) is 10.3. The fraction of sp³-hybridized carbons (Fsp3) is 0.333. The van der Waals surface area contributed by atoms with E-state index in [1.54, 1.807) is 0 Å². The van der Waals surface area contributed by atoms with Crippen LogP contribution < -0.4 is 5.32 Å². The molecule has 1 aromatic carbocycles. The van der Waals surface area contributed by atoms with Crippen LogP contribution in [0.3, 0.4) is 0 Å². The van der Waals surface area contributed by atoms with Crippen molar-refractivity contribution in [2.24, 2.45) is 0 Å². The predicted octanol–water partition coefficient (Wildman–Crippen LogP) is 4.13. The van der Waals surface area contributed by atoms with Crippen molar-refractivity contribution in [2.45, 2.75) is 26.3 Å². The zero-order chi connectivity index (χ0) is 13.0. The number of hydrogen-bond donors (Lipinski definition) is 1. The van der Waals surface area contributed by atoms with Crippen LogP contribution in [-0.2, 0) is 6.42 Å². The normalized spacial score (nSPS) is 12.6. The van der Waals surface area contributed by atoms with Gasteiger partial charge in [-0.3, -0.25) is 0 Å². The summed E-state index contributed by atoms with van der Waals surface area (Å²) in [5.41, 5.74) is 2.42. The van der Waals surface area contributed by atoms with E-state index in [2.05, 4.69) is 24.4 Å². The van der Waals surface area contributed by atoms with Gasteiger partial charge >= 0.3 is 0 Å². The highest BCUT2D eigenvalue weighted by atomic mass is 35.5. The summed E-state index contributed by atoms with van der Waals surface area (Å²) < 4.78 is 5.39. The van der Waals surface area contributed by atoms with Gasteiger partial charge in [-0.1, -0.05) is 30.7 Å². The minimum Gasteiger partial charge on any atom is -0.469 e. The maximum Gasteiger partial charge on any atom is 0.101 e. The van der Waals surface area contributed by atoms with Crippen molar-refractivity contribution < 1.29 is 4.42 Å². The lowest BCUT2D eigenvalue weighted by Crippen LogP contribution is -2.22. The van der Waals surface area contributed by atoms with Crippen LogP contribution in [0, 0.1) is 6.92 Å². The third kappa shape index (κ3) is 3.37. The highest BCUT2D eigenvalue weighted by Crippen LogP contribution is 2.22. The van der Waals surface area contributed by atoms with Gasteiger partial charge in [-0.05, 0) is 43.7 Å². The van der Waals surface area contributed by atoms with Crippen LogP contribution in [0.2, 0.25) is 5.02 Å². The minimum absolute atomic E-state index is 0.269. The quantitative estimate of drug-likeness (QED) is 0.877. The van der Waals surface area contributed by atoms with Crippen molar-refractivity contribution in [3.8, 4) is 0 Å². The summed E-state index contributed by atoms with van der Waals surface area (Å²) in [6.07, 6.45) is 2.74. The molecule has 0 saturated heterocycles. The molecular weight excluding hydrogens is 246 g/mol. The van der Waals surface area contributed by atoms with Gasteiger partial charge in [0.25, 0.3) is 0 Å². The first-order valence-electron chi connectivity index (χ1n) is 6.22. The summed E-state index contributed by atoms with van der Waals surface area (Å²) in [6.45, 7) is 5.00. The van der Waals surface area contributed by atoms with E-state index in [0.29, 0.717) is 0 Å². The van der Waals surface area contributed by atoms with E-state index in [4.69, 9.17) is 16.0 Å². The molecule has 1 aromatic heterocycles. The molecule has 0 aliphatic carbocycles. The molecule has 0 spiro atoms. The molecule has 0 radical (unpaired) electrons. The van der Waals surface area contributed by atoms with Gasteiger partial charge in [-0.25, -0.2) is 0 Å². The van der Waals surface area contributed by atoms with Crippen molar-refractivity contribution in [3.63, 3.8) is 0 Å². The zero-order valence-electron chi connectivity index (χ0n) is 10.7. The van der Waals surface area contributed by atoms with E-state index in [-0.39, 0.29) is 6.04 Å². The Hall–Kier alpha value is -1.25. The first-order chi connectivity index (χ1) is 8.69. The van der Waals surface area contributed by atoms with Gasteiger partial charge in [0.15, 0.2) is 0 Å². The second kappa shape index (κ2) is 6.07. The fourth-order valence-corrected chi connectivity index (χ4v) is 2.31. The van der Waals surface area contributed by atoms with E-state index >= 15 is 0 Å². The first-order valence-corrected chi connectivity index (χ1v) is 6.59. The average molecular weight is 264 g/mol. The van der Waals surface area contributed by atoms with Crippen molar-refractivity contribution in [3.05, 3.63) is 58.5 Å². The molecule has 2 aromatic rings. The van der Waals surface area contributed by atoms with Gasteiger partial charge in [-0.15, -0.1) is 0 Å². The van der Waals surface area contributed by atoms with Crippen LogP contribution >= 0.6 is 11.6 Å². The second-order valence-electron chi connectivity index (χ2n) is 4.43. The molecule has 0 aliphatic heterocycles. The zero-order valence-corrected chi connectivity index (χ0v) is 11.5. The number of furan rings is 1. The Labute approximate surface area is 113 Å². The van der Waals surface area contributed by atoms with Crippen LogP contribution in [0.15, 0.2) is 41.0 Å². The molecule has 0 saturated carbocycles. The van der Waals surface area contributed by atoms with E-state index < -0.39 is 0 Å². The maximum absolute atomic E-state index is 6.02. The molecule has 1 N–H and O–H groups in total. The van der Waals surface area contributed by atoms with Crippen LogP contribution in [0.4, 0.5) is 0 Å². The smallest absolute Gasteiger partial charge is 0.101 e. The minimum atomic E-state index is 0.269. The van der Waals surface area contributed by atoms with Crippen LogP contribution in [0.25, 0.3) is 0 Å². The van der Waals surface area contributed by atoms with Gasteiger partial charge in [0, 0.05) is 16.6 Å². The molecule has 2 nitrogen and oxygen atoms in total. The second-order valence-corrected chi connectivity index (χ2v) is 4.87. The first kappa shape index (κ1) is 13.2. The average Bonchev–Trinajstić information content (AvgIpc) is 2.75. The van der Waals surface area contributed by atoms with Gasteiger partial charge in [0.1, 0.15) is 5.76 Å². The van der Waals surface area contributed by atoms with Gasteiger partial charge in [-0.2, -0.15) is 0 Å². The van der Waals surface area contributed by atoms with Gasteiger partial charge < -0.3 is 9.73 Å². The topological polar surface area (TPSA) is 25.2 Å². The third-order valence-corrected chi connectivity index (χ3v) is 3.17. The molecule has 0 amide bonds. The molecule has 1 atom stereocenters. The van der Waals surface area contributed by atoms with Crippen molar-refractivity contribution in [2.75, 3.05) is 6.54 Å². The fourth-order valence-electron chi connectivity index (χ4n) is 2.10. The Balaban J connectivity index is 2.16. The summed E-state index contributed by atoms with van der Waals surface area (Å²) in [4.78, 5) is 0. The summed E-state index contributed by atoms with van der Waals surface area (Å²) >= 11 is 6.02. The molecule has 2 rings (SSSR count). The molecule has 3 heteroatoms. The van der Waals surface area contributed by atoms with E-state index in [1.165, 1.54) is 11.1 Å². The molecule has 1 heterocycles. The van der Waals surface area contributed by atoms with Gasteiger partial charge in [0.05, 0.1) is 6.26 Å². The lowest BCUT2D eigenvalue weighted by atomic mass is 10.0. The van der Waals surface area contributed by atoms with Crippen molar-refractivity contribution in [1.29, 1.82) is 0 Å². The highest BCUT2D eigenvalue weighted by Gasteiger charge is 2.13. The van der Waals surface area contributed by atoms with Gasteiger partial charge in [0.2, 0.25) is 0 Å². The molecular formula is C15H18ClNO. The van der Waals surface area contributed by atoms with Crippen LogP contribution in [0.5, 0.6) is 0 Å². The Morgan fingerprint density at radius 2 is 2.17 bits per heavy atom. The lowest BCUT2D eigenvalue weighted by molar-refractivity contribution is 0.511. The third-order valence-electron chi connectivity index (χ3n) is 2.93. The number of aryl methyl sites for hydroxylation is 1. The number of benzene rings is 1. The Morgan fingerprint density at radius 3 is 2.78 bits per heavy atom. The van der Waals surface area contributed by atoms with E-state index in [1.807, 2.05) is 31.4 Å². The number of hydrogen-bond acceptors (Lipinski definition) is 2. The summed E-state index contributed by atoms with van der Waals surface area (Å²) in [7, 11) is 0. The lowest BCUT2D eigenvalue weighted by Gasteiger charge is -2.16. The van der Waals surface area contributed by atoms with Crippen molar-refractivity contribution in [1.82, 2.24) is 5.32 Å². The number of rotatable bonds is 5. The monoisotopic (exact) mass is 263 g/mol. The molecule has 96 valence electrons. The summed E-state index contributed by atoms with van der Waals surface area (Å²) in [5.74, 6) is 0.944. The molecule has 18 heavy (non-hydrogen) atoms. The number of halogens is 1. The van der Waals surface area contributed by atoms with E-state index in [0.717, 1.165) is 23.7 Å². The Kier molecular flexibility index (Phi) is 4.45. The highest BCUT2D eigenvalue weighted by molar-refractivity contribution is 6.30. The number of likely N-dealkylation sites (N-methyl/N-ethyl adjacent to an activating group) is 1. The molecule has 0 bridgehead atoms. The van der Waals surface area contributed by atoms with Crippen LogP contribution in [0.1, 0.15) is 29.9 Å². The van der Waals surface area contributed by atoms with Crippen molar-refractivity contribution >= 4 is 11.6 Å².